The van der Waals surface area contributed by atoms with Crippen LogP contribution in [0.1, 0.15) is 5.69 Å². The number of hydrogen-bond donors (Lipinski definition) is 1. The molecule has 0 saturated heterocycles. The fourth-order valence-corrected chi connectivity index (χ4v) is 1.72. The van der Waals surface area contributed by atoms with Crippen molar-refractivity contribution in [2.75, 3.05) is 5.73 Å². The molecule has 0 aliphatic carbocycles. The number of ether oxygens (including phenoxy) is 1. The van der Waals surface area contributed by atoms with Crippen molar-refractivity contribution in [1.82, 2.24) is 24.8 Å². The molecule has 102 valence electrons. The number of benzene rings is 1. The molecule has 0 spiro atoms. The molecule has 3 aromatic rings. The summed E-state index contributed by atoms with van der Waals surface area (Å²) in [6.07, 6.45) is 3.64. The van der Waals surface area contributed by atoms with Crippen LogP contribution in [0.3, 0.4) is 0 Å². The summed E-state index contributed by atoms with van der Waals surface area (Å²) in [5.74, 6) is 1.46. The van der Waals surface area contributed by atoms with Crippen molar-refractivity contribution in [3.8, 4) is 11.6 Å². The molecular formula is C13H14N6O. The minimum Gasteiger partial charge on any atom is -0.487 e. The number of hydrogen-bond acceptors (Lipinski definition) is 5. The maximum atomic E-state index is 5.61. The highest BCUT2D eigenvalue weighted by Gasteiger charge is 2.05. The Kier molecular flexibility index (Phi) is 3.08. The quantitative estimate of drug-likeness (QED) is 0.719. The molecule has 0 bridgehead atoms. The molecule has 0 atom stereocenters. The predicted octanol–water partition coefficient (Wildman–Crippen LogP) is 1.16. The van der Waals surface area contributed by atoms with E-state index in [1.165, 1.54) is 0 Å². The van der Waals surface area contributed by atoms with Crippen molar-refractivity contribution in [2.24, 2.45) is 7.05 Å². The van der Waals surface area contributed by atoms with Crippen LogP contribution < -0.4 is 10.5 Å². The molecule has 2 N–H and O–H groups in total. The van der Waals surface area contributed by atoms with Gasteiger partial charge in [-0.05, 0) is 24.3 Å². The Balaban J connectivity index is 1.67. The second-order valence-electron chi connectivity index (χ2n) is 4.36. The van der Waals surface area contributed by atoms with Crippen LogP contribution in [0.15, 0.2) is 42.7 Å². The zero-order chi connectivity index (χ0) is 13.9. The van der Waals surface area contributed by atoms with Crippen molar-refractivity contribution in [3.63, 3.8) is 0 Å². The van der Waals surface area contributed by atoms with Gasteiger partial charge in [0.25, 0.3) is 0 Å². The van der Waals surface area contributed by atoms with Crippen molar-refractivity contribution in [3.05, 3.63) is 48.4 Å². The van der Waals surface area contributed by atoms with Crippen LogP contribution in [0.2, 0.25) is 0 Å². The van der Waals surface area contributed by atoms with Gasteiger partial charge in [0.1, 0.15) is 18.1 Å². The van der Waals surface area contributed by atoms with E-state index < -0.39 is 0 Å². The van der Waals surface area contributed by atoms with E-state index in [1.54, 1.807) is 27.7 Å². The summed E-state index contributed by atoms with van der Waals surface area (Å²) in [6, 6.07) is 9.08. The van der Waals surface area contributed by atoms with E-state index in [9.17, 15) is 0 Å². The third-order valence-corrected chi connectivity index (χ3v) is 2.74. The molecule has 0 fully saturated rings. The molecule has 7 nitrogen and oxygen atoms in total. The van der Waals surface area contributed by atoms with Crippen LogP contribution in [0.5, 0.6) is 5.75 Å². The van der Waals surface area contributed by atoms with Crippen molar-refractivity contribution in [1.29, 1.82) is 0 Å². The molecule has 0 unspecified atom stereocenters. The summed E-state index contributed by atoms with van der Waals surface area (Å²) in [4.78, 5) is 0. The third-order valence-electron chi connectivity index (χ3n) is 2.74. The summed E-state index contributed by atoms with van der Waals surface area (Å²) in [7, 11) is 1.85. The van der Waals surface area contributed by atoms with Crippen LogP contribution in [0.25, 0.3) is 5.82 Å². The molecule has 0 saturated carbocycles. The van der Waals surface area contributed by atoms with Gasteiger partial charge in [-0.15, -0.1) is 5.10 Å². The Hall–Kier alpha value is -2.83. The Morgan fingerprint density at radius 2 is 2.00 bits per heavy atom. The van der Waals surface area contributed by atoms with E-state index in [4.69, 9.17) is 10.5 Å². The van der Waals surface area contributed by atoms with Crippen molar-refractivity contribution < 1.29 is 4.74 Å². The van der Waals surface area contributed by atoms with Gasteiger partial charge in [-0.25, -0.2) is 4.68 Å². The van der Waals surface area contributed by atoms with Crippen molar-refractivity contribution >= 4 is 5.69 Å². The number of nitrogen functional groups attached to an aromatic ring is 1. The second kappa shape index (κ2) is 5.04. The lowest BCUT2D eigenvalue weighted by atomic mass is 10.3. The van der Waals surface area contributed by atoms with E-state index >= 15 is 0 Å². The smallest absolute Gasteiger partial charge is 0.176 e. The first-order chi connectivity index (χ1) is 9.70. The molecule has 2 aromatic heterocycles. The molecular weight excluding hydrogens is 256 g/mol. The first kappa shape index (κ1) is 12.2. The molecule has 3 rings (SSSR count). The van der Waals surface area contributed by atoms with Gasteiger partial charge >= 0.3 is 0 Å². The van der Waals surface area contributed by atoms with Gasteiger partial charge in [-0.2, -0.15) is 5.10 Å². The fraction of sp³-hybridized carbons (Fsp3) is 0.154. The number of rotatable bonds is 4. The second-order valence-corrected chi connectivity index (χ2v) is 4.36. The zero-order valence-electron chi connectivity index (χ0n) is 11.0. The lowest BCUT2D eigenvalue weighted by Gasteiger charge is -2.03. The number of nitrogens with two attached hydrogens (primary N) is 1. The molecule has 20 heavy (non-hydrogen) atoms. The summed E-state index contributed by atoms with van der Waals surface area (Å²) in [5, 5.41) is 12.3. The summed E-state index contributed by atoms with van der Waals surface area (Å²) >= 11 is 0. The van der Waals surface area contributed by atoms with Gasteiger partial charge in [-0.1, -0.05) is 5.21 Å². The Bertz CT molecular complexity index is 700. The first-order valence-electron chi connectivity index (χ1n) is 6.10. The molecule has 0 radical (unpaired) electrons. The van der Waals surface area contributed by atoms with Gasteiger partial charge in [-0.3, -0.25) is 4.68 Å². The number of anilines is 1. The molecule has 0 aliphatic rings. The van der Waals surface area contributed by atoms with Crippen LogP contribution in [-0.2, 0) is 13.7 Å². The minimum absolute atomic E-state index is 0.344. The highest BCUT2D eigenvalue weighted by atomic mass is 16.5. The molecule has 7 heteroatoms. The summed E-state index contributed by atoms with van der Waals surface area (Å²) in [6.45, 7) is 0.344. The van der Waals surface area contributed by atoms with E-state index in [2.05, 4.69) is 15.4 Å². The Morgan fingerprint density at radius 1 is 1.20 bits per heavy atom. The lowest BCUT2D eigenvalue weighted by molar-refractivity contribution is 0.301. The SMILES string of the molecule is Cn1ccc(-n2cc(COc3ccc(N)cc3)nn2)n1. The molecule has 0 aliphatic heterocycles. The van der Waals surface area contributed by atoms with E-state index in [0.29, 0.717) is 12.3 Å². The fourth-order valence-electron chi connectivity index (χ4n) is 1.72. The van der Waals surface area contributed by atoms with Crippen LogP contribution in [-0.4, -0.2) is 24.8 Å². The number of aryl methyl sites for hydroxylation is 1. The van der Waals surface area contributed by atoms with Gasteiger partial charge in [0.2, 0.25) is 0 Å². The Morgan fingerprint density at radius 3 is 2.70 bits per heavy atom. The molecule has 1 aromatic carbocycles. The van der Waals surface area contributed by atoms with Crippen LogP contribution >= 0.6 is 0 Å². The number of nitrogens with zero attached hydrogens (tertiary/aromatic N) is 5. The standard InChI is InChI=1S/C13H14N6O/c1-18-7-6-13(16-18)19-8-11(15-17-19)9-20-12-4-2-10(14)3-5-12/h2-8H,9,14H2,1H3. The zero-order valence-corrected chi connectivity index (χ0v) is 11.0. The third kappa shape index (κ3) is 2.61. The average Bonchev–Trinajstić information content (AvgIpc) is 3.07. The van der Waals surface area contributed by atoms with E-state index in [-0.39, 0.29) is 0 Å². The summed E-state index contributed by atoms with van der Waals surface area (Å²) < 4.78 is 8.93. The lowest BCUT2D eigenvalue weighted by Crippen LogP contribution is -1.97. The largest absolute Gasteiger partial charge is 0.487 e. The summed E-state index contributed by atoms with van der Waals surface area (Å²) in [5.41, 5.74) is 7.05. The van der Waals surface area contributed by atoms with Crippen LogP contribution in [0.4, 0.5) is 5.69 Å². The predicted molar refractivity (Wildman–Crippen MR) is 73.3 cm³/mol. The average molecular weight is 270 g/mol. The van der Waals surface area contributed by atoms with Gasteiger partial charge in [0, 0.05) is 25.0 Å². The minimum atomic E-state index is 0.344. The van der Waals surface area contributed by atoms with Gasteiger partial charge < -0.3 is 10.5 Å². The van der Waals surface area contributed by atoms with E-state index in [0.717, 1.165) is 17.3 Å². The highest BCUT2D eigenvalue weighted by molar-refractivity contribution is 5.41. The number of aromatic nitrogens is 5. The molecule has 0 amide bonds. The molecule has 2 heterocycles. The monoisotopic (exact) mass is 270 g/mol. The highest BCUT2D eigenvalue weighted by Crippen LogP contribution is 2.14. The Labute approximate surface area is 115 Å². The maximum absolute atomic E-state index is 5.61. The normalized spacial score (nSPS) is 10.7. The maximum Gasteiger partial charge on any atom is 0.176 e. The van der Waals surface area contributed by atoms with Gasteiger partial charge in [0.05, 0.1) is 6.20 Å². The van der Waals surface area contributed by atoms with Crippen molar-refractivity contribution in [2.45, 2.75) is 6.61 Å². The van der Waals surface area contributed by atoms with Gasteiger partial charge in [0.15, 0.2) is 5.82 Å². The van der Waals surface area contributed by atoms with E-state index in [1.807, 2.05) is 31.4 Å². The van der Waals surface area contributed by atoms with Crippen LogP contribution in [0, 0.1) is 0 Å². The topological polar surface area (TPSA) is 83.8 Å². The first-order valence-corrected chi connectivity index (χ1v) is 6.10.